The maximum absolute atomic E-state index is 4.32. The molecule has 1 heterocycles. The molecule has 102 valence electrons. The predicted octanol–water partition coefficient (Wildman–Crippen LogP) is 2.38. The van der Waals surface area contributed by atoms with Gasteiger partial charge in [-0.25, -0.2) is 9.67 Å². The molecule has 0 aliphatic heterocycles. The monoisotopic (exact) mass is 258 g/mol. The molecule has 19 heavy (non-hydrogen) atoms. The molecule has 0 spiro atoms. The summed E-state index contributed by atoms with van der Waals surface area (Å²) in [5.41, 5.74) is 2.53. The first kappa shape index (κ1) is 13.7. The number of nitrogens with zero attached hydrogens (tertiary/aromatic N) is 3. The van der Waals surface area contributed by atoms with E-state index in [4.69, 9.17) is 0 Å². The van der Waals surface area contributed by atoms with Crippen LogP contribution in [0.25, 0.3) is 0 Å². The molecule has 0 aliphatic carbocycles. The van der Waals surface area contributed by atoms with Gasteiger partial charge in [0.2, 0.25) is 0 Å². The minimum Gasteiger partial charge on any atom is -0.310 e. The van der Waals surface area contributed by atoms with Crippen LogP contribution >= 0.6 is 0 Å². The van der Waals surface area contributed by atoms with Gasteiger partial charge in [-0.05, 0) is 24.9 Å². The number of hydrogen-bond acceptors (Lipinski definition) is 3. The fourth-order valence-corrected chi connectivity index (χ4v) is 1.90. The first-order valence-electron chi connectivity index (χ1n) is 6.78. The smallest absolute Gasteiger partial charge is 0.141 e. The molecule has 1 aromatic carbocycles. The Hall–Kier alpha value is -1.68. The highest BCUT2D eigenvalue weighted by Crippen LogP contribution is 2.06. The van der Waals surface area contributed by atoms with E-state index in [0.29, 0.717) is 5.92 Å². The standard InChI is InChI=1S/C15H22N4/c1-12(2)8-16-9-15-17-11-18-19(15)10-14-6-4-13(3)5-7-14/h4-7,11-12,16H,8-10H2,1-3H3. The molecule has 0 radical (unpaired) electrons. The molecule has 0 aliphatic rings. The summed E-state index contributed by atoms with van der Waals surface area (Å²) in [6.07, 6.45) is 1.63. The summed E-state index contributed by atoms with van der Waals surface area (Å²) < 4.78 is 1.96. The SMILES string of the molecule is Cc1ccc(Cn2ncnc2CNCC(C)C)cc1. The Kier molecular flexibility index (Phi) is 4.68. The van der Waals surface area contributed by atoms with Gasteiger partial charge in [0, 0.05) is 0 Å². The molecule has 0 saturated carbocycles. The molecule has 0 saturated heterocycles. The minimum atomic E-state index is 0.647. The maximum Gasteiger partial charge on any atom is 0.141 e. The Balaban J connectivity index is 1.97. The zero-order valence-corrected chi connectivity index (χ0v) is 11.9. The van der Waals surface area contributed by atoms with Crippen LogP contribution in [0.1, 0.15) is 30.8 Å². The van der Waals surface area contributed by atoms with Crippen molar-refractivity contribution in [3.05, 3.63) is 47.5 Å². The molecular formula is C15H22N4. The lowest BCUT2D eigenvalue weighted by Gasteiger charge is -2.09. The van der Waals surface area contributed by atoms with Crippen LogP contribution in [-0.2, 0) is 13.1 Å². The molecule has 2 rings (SSSR count). The number of aromatic nitrogens is 3. The normalized spacial score (nSPS) is 11.2. The van der Waals surface area contributed by atoms with Crippen LogP contribution in [0, 0.1) is 12.8 Å². The second kappa shape index (κ2) is 6.48. The van der Waals surface area contributed by atoms with Crippen molar-refractivity contribution in [1.82, 2.24) is 20.1 Å². The average Bonchev–Trinajstić information content (AvgIpc) is 2.79. The van der Waals surface area contributed by atoms with Gasteiger partial charge < -0.3 is 5.32 Å². The van der Waals surface area contributed by atoms with Gasteiger partial charge in [-0.15, -0.1) is 0 Å². The fourth-order valence-electron chi connectivity index (χ4n) is 1.90. The van der Waals surface area contributed by atoms with Crippen molar-refractivity contribution in [3.63, 3.8) is 0 Å². The van der Waals surface area contributed by atoms with Gasteiger partial charge >= 0.3 is 0 Å². The fraction of sp³-hybridized carbons (Fsp3) is 0.467. The van der Waals surface area contributed by atoms with Gasteiger partial charge in [0.1, 0.15) is 12.2 Å². The van der Waals surface area contributed by atoms with E-state index < -0.39 is 0 Å². The number of aryl methyl sites for hydroxylation is 1. The molecule has 0 bridgehead atoms. The number of rotatable bonds is 6. The molecule has 1 N–H and O–H groups in total. The molecule has 4 heteroatoms. The van der Waals surface area contributed by atoms with Crippen LogP contribution < -0.4 is 5.32 Å². The second-order valence-electron chi connectivity index (χ2n) is 5.34. The van der Waals surface area contributed by atoms with Crippen molar-refractivity contribution in [1.29, 1.82) is 0 Å². The van der Waals surface area contributed by atoms with Gasteiger partial charge in [0.15, 0.2) is 0 Å². The van der Waals surface area contributed by atoms with E-state index >= 15 is 0 Å². The van der Waals surface area contributed by atoms with Crippen molar-refractivity contribution in [2.75, 3.05) is 6.54 Å². The van der Waals surface area contributed by atoms with Crippen molar-refractivity contribution in [2.24, 2.45) is 5.92 Å². The van der Waals surface area contributed by atoms with E-state index in [2.05, 4.69) is 60.4 Å². The Labute approximate surface area is 114 Å². The highest BCUT2D eigenvalue weighted by atomic mass is 15.3. The van der Waals surface area contributed by atoms with Gasteiger partial charge in [0.25, 0.3) is 0 Å². The van der Waals surface area contributed by atoms with Crippen molar-refractivity contribution in [3.8, 4) is 0 Å². The predicted molar refractivity (Wildman–Crippen MR) is 76.8 cm³/mol. The minimum absolute atomic E-state index is 0.647. The molecule has 4 nitrogen and oxygen atoms in total. The summed E-state index contributed by atoms with van der Waals surface area (Å²) in [6, 6.07) is 8.54. The van der Waals surface area contributed by atoms with E-state index in [-0.39, 0.29) is 0 Å². The Morgan fingerprint density at radius 2 is 1.95 bits per heavy atom. The van der Waals surface area contributed by atoms with Crippen LogP contribution in [0.5, 0.6) is 0 Å². The van der Waals surface area contributed by atoms with Crippen molar-refractivity contribution < 1.29 is 0 Å². The highest BCUT2D eigenvalue weighted by Gasteiger charge is 2.05. The first-order valence-corrected chi connectivity index (χ1v) is 6.78. The molecule has 0 amide bonds. The largest absolute Gasteiger partial charge is 0.310 e. The van der Waals surface area contributed by atoms with Crippen LogP contribution in [0.4, 0.5) is 0 Å². The summed E-state index contributed by atoms with van der Waals surface area (Å²) in [5.74, 6) is 1.63. The Bertz CT molecular complexity index is 499. The molecule has 0 unspecified atom stereocenters. The van der Waals surface area contributed by atoms with Crippen LogP contribution in [0.15, 0.2) is 30.6 Å². The number of nitrogens with one attached hydrogen (secondary N) is 1. The zero-order valence-electron chi connectivity index (χ0n) is 11.9. The number of hydrogen-bond donors (Lipinski definition) is 1. The lowest BCUT2D eigenvalue weighted by Crippen LogP contribution is -2.22. The van der Waals surface area contributed by atoms with E-state index in [9.17, 15) is 0 Å². The molecule has 0 atom stereocenters. The van der Waals surface area contributed by atoms with Gasteiger partial charge in [-0.2, -0.15) is 5.10 Å². The van der Waals surface area contributed by atoms with Crippen molar-refractivity contribution >= 4 is 0 Å². The van der Waals surface area contributed by atoms with Crippen LogP contribution in [0.3, 0.4) is 0 Å². The summed E-state index contributed by atoms with van der Waals surface area (Å²) in [6.45, 7) is 9.04. The molecule has 0 fully saturated rings. The third kappa shape index (κ3) is 4.17. The second-order valence-corrected chi connectivity index (χ2v) is 5.34. The van der Waals surface area contributed by atoms with E-state index in [1.54, 1.807) is 6.33 Å². The third-order valence-electron chi connectivity index (χ3n) is 2.98. The summed E-state index contributed by atoms with van der Waals surface area (Å²) in [7, 11) is 0. The Morgan fingerprint density at radius 3 is 2.63 bits per heavy atom. The van der Waals surface area contributed by atoms with Gasteiger partial charge in [0.05, 0.1) is 13.1 Å². The summed E-state index contributed by atoms with van der Waals surface area (Å²) in [4.78, 5) is 4.32. The van der Waals surface area contributed by atoms with Gasteiger partial charge in [-0.1, -0.05) is 43.7 Å². The first-order chi connectivity index (χ1) is 9.15. The average molecular weight is 258 g/mol. The lowest BCUT2D eigenvalue weighted by molar-refractivity contribution is 0.523. The van der Waals surface area contributed by atoms with E-state index in [1.807, 2.05) is 4.68 Å². The Morgan fingerprint density at radius 1 is 1.21 bits per heavy atom. The maximum atomic E-state index is 4.32. The third-order valence-corrected chi connectivity index (χ3v) is 2.98. The topological polar surface area (TPSA) is 42.7 Å². The quantitative estimate of drug-likeness (QED) is 0.865. The van der Waals surface area contributed by atoms with Crippen LogP contribution in [-0.4, -0.2) is 21.3 Å². The zero-order chi connectivity index (χ0) is 13.7. The number of benzene rings is 1. The van der Waals surface area contributed by atoms with Crippen LogP contribution in [0.2, 0.25) is 0 Å². The molecular weight excluding hydrogens is 236 g/mol. The summed E-state index contributed by atoms with van der Waals surface area (Å²) in [5, 5.41) is 7.70. The van der Waals surface area contributed by atoms with E-state index in [0.717, 1.165) is 25.5 Å². The van der Waals surface area contributed by atoms with E-state index in [1.165, 1.54) is 11.1 Å². The highest BCUT2D eigenvalue weighted by molar-refractivity contribution is 5.21. The van der Waals surface area contributed by atoms with Crippen molar-refractivity contribution in [2.45, 2.75) is 33.9 Å². The van der Waals surface area contributed by atoms with Gasteiger partial charge in [-0.3, -0.25) is 0 Å². The molecule has 2 aromatic rings. The summed E-state index contributed by atoms with van der Waals surface area (Å²) >= 11 is 0. The lowest BCUT2D eigenvalue weighted by atomic mass is 10.1. The molecule has 1 aromatic heterocycles.